The molecule has 0 aliphatic rings. The zero-order chi connectivity index (χ0) is 14.0. The molecule has 0 fully saturated rings. The van der Waals surface area contributed by atoms with Crippen LogP contribution in [-0.4, -0.2) is 18.1 Å². The molecule has 4 nitrogen and oxygen atoms in total. The summed E-state index contributed by atoms with van der Waals surface area (Å²) < 4.78 is 5.66. The highest BCUT2D eigenvalue weighted by molar-refractivity contribution is 5.84. The molecule has 100 valence electrons. The van der Waals surface area contributed by atoms with E-state index in [1.54, 1.807) is 6.92 Å². The Hall–Kier alpha value is -1.55. The van der Waals surface area contributed by atoms with Crippen LogP contribution in [-0.2, 0) is 10.2 Å². The average molecular weight is 250 g/mol. The van der Waals surface area contributed by atoms with Gasteiger partial charge >= 0.3 is 0 Å². The van der Waals surface area contributed by atoms with Crippen molar-refractivity contribution in [2.75, 3.05) is 6.61 Å². The first-order chi connectivity index (χ1) is 8.14. The van der Waals surface area contributed by atoms with Gasteiger partial charge in [0.15, 0.2) is 0 Å². The molecule has 0 saturated carbocycles. The largest absolute Gasteiger partial charge is 0.491 e. The molecule has 0 radical (unpaired) electrons. The molecule has 1 aromatic rings. The van der Waals surface area contributed by atoms with E-state index in [4.69, 9.17) is 16.2 Å². The minimum absolute atomic E-state index is 0.0334. The zero-order valence-corrected chi connectivity index (χ0v) is 11.5. The van der Waals surface area contributed by atoms with Gasteiger partial charge < -0.3 is 16.2 Å². The molecule has 4 heteroatoms. The molecule has 4 N–H and O–H groups in total. The Balaban J connectivity index is 2.90. The molecule has 1 atom stereocenters. The van der Waals surface area contributed by atoms with Crippen LogP contribution in [0, 0.1) is 0 Å². The summed E-state index contributed by atoms with van der Waals surface area (Å²) in [6.45, 7) is 7.94. The minimum Gasteiger partial charge on any atom is -0.491 e. The molecule has 1 amide bonds. The summed E-state index contributed by atoms with van der Waals surface area (Å²) in [5, 5.41) is 0. The minimum atomic E-state index is -1.16. The van der Waals surface area contributed by atoms with Crippen molar-refractivity contribution in [3.05, 3.63) is 29.8 Å². The van der Waals surface area contributed by atoms with Gasteiger partial charge in [-0.2, -0.15) is 0 Å². The predicted octanol–water partition coefficient (Wildman–Crippen LogP) is 1.57. The molecule has 0 aliphatic heterocycles. The molecule has 0 heterocycles. The normalized spacial score (nSPS) is 14.9. The lowest BCUT2D eigenvalue weighted by molar-refractivity contribution is -0.123. The van der Waals surface area contributed by atoms with Gasteiger partial charge in [-0.15, -0.1) is 0 Å². The van der Waals surface area contributed by atoms with Crippen molar-refractivity contribution >= 4 is 5.91 Å². The molecule has 18 heavy (non-hydrogen) atoms. The number of primary amides is 1. The second-order valence-corrected chi connectivity index (χ2v) is 5.82. The SMILES string of the molecule is CC(N)(COc1ccccc1C(C)(C)C)C(N)=O. The number of amides is 1. The Morgan fingerprint density at radius 2 is 1.78 bits per heavy atom. The van der Waals surface area contributed by atoms with Gasteiger partial charge in [0.05, 0.1) is 0 Å². The Morgan fingerprint density at radius 1 is 1.22 bits per heavy atom. The van der Waals surface area contributed by atoms with Crippen molar-refractivity contribution in [3.8, 4) is 5.75 Å². The Morgan fingerprint density at radius 3 is 2.28 bits per heavy atom. The van der Waals surface area contributed by atoms with Crippen molar-refractivity contribution in [1.29, 1.82) is 0 Å². The highest BCUT2D eigenvalue weighted by Crippen LogP contribution is 2.31. The van der Waals surface area contributed by atoms with Gasteiger partial charge in [-0.3, -0.25) is 4.79 Å². The van der Waals surface area contributed by atoms with Gasteiger partial charge in [0.25, 0.3) is 0 Å². The number of carbonyl (C=O) groups excluding carboxylic acids is 1. The van der Waals surface area contributed by atoms with E-state index in [0.29, 0.717) is 0 Å². The quantitative estimate of drug-likeness (QED) is 0.851. The van der Waals surface area contributed by atoms with E-state index < -0.39 is 11.4 Å². The fourth-order valence-electron chi connectivity index (χ4n) is 1.51. The van der Waals surface area contributed by atoms with Crippen LogP contribution in [0.2, 0.25) is 0 Å². The van der Waals surface area contributed by atoms with Gasteiger partial charge in [-0.1, -0.05) is 39.0 Å². The first kappa shape index (κ1) is 14.5. The van der Waals surface area contributed by atoms with Crippen LogP contribution < -0.4 is 16.2 Å². The third kappa shape index (κ3) is 3.47. The maximum absolute atomic E-state index is 11.1. The molecule has 0 aromatic heterocycles. The third-order valence-corrected chi connectivity index (χ3v) is 2.79. The van der Waals surface area contributed by atoms with Gasteiger partial charge in [0, 0.05) is 0 Å². The van der Waals surface area contributed by atoms with E-state index in [9.17, 15) is 4.79 Å². The summed E-state index contributed by atoms with van der Waals surface area (Å²) in [7, 11) is 0. The highest BCUT2D eigenvalue weighted by atomic mass is 16.5. The Bertz CT molecular complexity index is 434. The molecule has 0 saturated heterocycles. The van der Waals surface area contributed by atoms with Crippen molar-refractivity contribution in [2.24, 2.45) is 11.5 Å². The van der Waals surface area contributed by atoms with Crippen molar-refractivity contribution < 1.29 is 9.53 Å². The van der Waals surface area contributed by atoms with Gasteiger partial charge in [-0.25, -0.2) is 0 Å². The molecule has 0 bridgehead atoms. The topological polar surface area (TPSA) is 78.3 Å². The summed E-state index contributed by atoms with van der Waals surface area (Å²) in [5.41, 5.74) is 10.9. The number of nitrogens with two attached hydrogens (primary N) is 2. The fourth-order valence-corrected chi connectivity index (χ4v) is 1.51. The second kappa shape index (κ2) is 4.98. The summed E-state index contributed by atoms with van der Waals surface area (Å²) in [6, 6.07) is 7.73. The van der Waals surface area contributed by atoms with Gasteiger partial charge in [0.2, 0.25) is 5.91 Å². The molecule has 0 aliphatic carbocycles. The highest BCUT2D eigenvalue weighted by Gasteiger charge is 2.27. The molecule has 0 spiro atoms. The number of para-hydroxylation sites is 1. The van der Waals surface area contributed by atoms with E-state index in [-0.39, 0.29) is 12.0 Å². The zero-order valence-electron chi connectivity index (χ0n) is 11.5. The number of benzene rings is 1. The lowest BCUT2D eigenvalue weighted by Crippen LogP contribution is -2.53. The van der Waals surface area contributed by atoms with Crippen LogP contribution in [0.3, 0.4) is 0 Å². The summed E-state index contributed by atoms with van der Waals surface area (Å²) in [4.78, 5) is 11.1. The number of hydrogen-bond acceptors (Lipinski definition) is 3. The lowest BCUT2D eigenvalue weighted by Gasteiger charge is -2.26. The van der Waals surface area contributed by atoms with Crippen LogP contribution in [0.5, 0.6) is 5.75 Å². The third-order valence-electron chi connectivity index (χ3n) is 2.79. The summed E-state index contributed by atoms with van der Waals surface area (Å²) in [6.07, 6.45) is 0. The molecule has 1 aromatic carbocycles. The van der Waals surface area contributed by atoms with E-state index >= 15 is 0 Å². The number of hydrogen-bond donors (Lipinski definition) is 2. The van der Waals surface area contributed by atoms with Crippen LogP contribution in [0.1, 0.15) is 33.3 Å². The van der Waals surface area contributed by atoms with Crippen LogP contribution in [0.15, 0.2) is 24.3 Å². The number of ether oxygens (including phenoxy) is 1. The molecular formula is C14H22N2O2. The molecular weight excluding hydrogens is 228 g/mol. The maximum atomic E-state index is 11.1. The predicted molar refractivity (Wildman–Crippen MR) is 72.4 cm³/mol. The van der Waals surface area contributed by atoms with E-state index in [0.717, 1.165) is 11.3 Å². The monoisotopic (exact) mass is 250 g/mol. The van der Waals surface area contributed by atoms with E-state index in [1.165, 1.54) is 0 Å². The summed E-state index contributed by atoms with van der Waals surface area (Å²) >= 11 is 0. The van der Waals surface area contributed by atoms with Gasteiger partial charge in [-0.05, 0) is 24.0 Å². The average Bonchev–Trinajstić information content (AvgIpc) is 2.25. The maximum Gasteiger partial charge on any atom is 0.240 e. The smallest absolute Gasteiger partial charge is 0.240 e. The van der Waals surface area contributed by atoms with Crippen LogP contribution in [0.4, 0.5) is 0 Å². The lowest BCUT2D eigenvalue weighted by atomic mass is 9.86. The van der Waals surface area contributed by atoms with Crippen molar-refractivity contribution in [2.45, 2.75) is 38.6 Å². The summed E-state index contributed by atoms with van der Waals surface area (Å²) in [5.74, 6) is 0.165. The molecule has 1 unspecified atom stereocenters. The number of rotatable bonds is 4. The van der Waals surface area contributed by atoms with Crippen LogP contribution >= 0.6 is 0 Å². The Kier molecular flexibility index (Phi) is 4.02. The fraction of sp³-hybridized carbons (Fsp3) is 0.500. The second-order valence-electron chi connectivity index (χ2n) is 5.82. The van der Waals surface area contributed by atoms with Crippen molar-refractivity contribution in [1.82, 2.24) is 0 Å². The van der Waals surface area contributed by atoms with Crippen molar-refractivity contribution in [3.63, 3.8) is 0 Å². The first-order valence-corrected chi connectivity index (χ1v) is 5.96. The molecule has 1 rings (SSSR count). The van der Waals surface area contributed by atoms with Gasteiger partial charge in [0.1, 0.15) is 17.9 Å². The Labute approximate surface area is 108 Å². The first-order valence-electron chi connectivity index (χ1n) is 5.96. The number of carbonyl (C=O) groups is 1. The van der Waals surface area contributed by atoms with E-state index in [2.05, 4.69) is 20.8 Å². The standard InChI is InChI=1S/C14H22N2O2/c1-13(2,3)10-7-5-6-8-11(10)18-9-14(4,16)12(15)17/h5-8H,9,16H2,1-4H3,(H2,15,17). The van der Waals surface area contributed by atoms with E-state index in [1.807, 2.05) is 24.3 Å². The van der Waals surface area contributed by atoms with Crippen LogP contribution in [0.25, 0.3) is 0 Å².